The third-order valence-electron chi connectivity index (χ3n) is 4.63. The Bertz CT molecular complexity index is 917. The van der Waals surface area contributed by atoms with Crippen molar-refractivity contribution in [3.8, 4) is 5.75 Å². The van der Waals surface area contributed by atoms with Crippen molar-refractivity contribution in [2.45, 2.75) is 6.92 Å². The summed E-state index contributed by atoms with van der Waals surface area (Å²) in [6.45, 7) is 3.55. The number of carbonyl (C=O) groups is 2. The lowest BCUT2D eigenvalue weighted by Gasteiger charge is -2.33. The van der Waals surface area contributed by atoms with Crippen LogP contribution in [-0.2, 0) is 4.79 Å². The molecule has 7 nitrogen and oxygen atoms in total. The van der Waals surface area contributed by atoms with E-state index in [1.54, 1.807) is 40.3 Å². The van der Waals surface area contributed by atoms with Gasteiger partial charge in [-0.05, 0) is 24.6 Å². The first-order valence-electron chi connectivity index (χ1n) is 9.43. The maximum absolute atomic E-state index is 12.4. The van der Waals surface area contributed by atoms with E-state index in [0.717, 1.165) is 5.56 Å². The summed E-state index contributed by atoms with van der Waals surface area (Å²) < 4.78 is 5.41. The summed E-state index contributed by atoms with van der Waals surface area (Å²) in [7, 11) is 0. The highest BCUT2D eigenvalue weighted by molar-refractivity contribution is 5.92. The number of pyridine rings is 1. The van der Waals surface area contributed by atoms with Gasteiger partial charge in [-0.2, -0.15) is 0 Å². The number of allylic oxidation sites excluding steroid dienone is 1. The predicted molar refractivity (Wildman–Crippen MR) is 112 cm³/mol. The van der Waals surface area contributed by atoms with Gasteiger partial charge in [-0.3, -0.25) is 9.78 Å². The van der Waals surface area contributed by atoms with Gasteiger partial charge in [0, 0.05) is 49.7 Å². The van der Waals surface area contributed by atoms with E-state index >= 15 is 0 Å². The maximum Gasteiger partial charge on any atom is 0.415 e. The molecule has 2 aromatic rings. The Morgan fingerprint density at radius 1 is 1.07 bits per heavy atom. The summed E-state index contributed by atoms with van der Waals surface area (Å²) in [5, 5.41) is 0. The highest BCUT2D eigenvalue weighted by atomic mass is 16.6. The van der Waals surface area contributed by atoms with Gasteiger partial charge in [0.15, 0.2) is 5.75 Å². The van der Waals surface area contributed by atoms with Crippen LogP contribution >= 0.6 is 0 Å². The Balaban J connectivity index is 1.52. The lowest BCUT2D eigenvalue weighted by atomic mass is 10.2. The number of rotatable bonds is 4. The zero-order valence-corrected chi connectivity index (χ0v) is 16.3. The lowest BCUT2D eigenvalue weighted by Crippen LogP contribution is -2.51. The number of amides is 2. The van der Waals surface area contributed by atoms with E-state index in [9.17, 15) is 9.59 Å². The van der Waals surface area contributed by atoms with E-state index in [2.05, 4.69) is 4.98 Å². The Kier molecular flexibility index (Phi) is 6.63. The Hall–Kier alpha value is -3.61. The van der Waals surface area contributed by atoms with E-state index < -0.39 is 6.09 Å². The second-order valence-corrected chi connectivity index (χ2v) is 6.58. The molecule has 1 fully saturated rings. The minimum Gasteiger partial charge on any atom is -0.409 e. The molecule has 2 heterocycles. The summed E-state index contributed by atoms with van der Waals surface area (Å²) in [5.41, 5.74) is 8.09. The Labute approximate surface area is 170 Å². The summed E-state index contributed by atoms with van der Waals surface area (Å²) >= 11 is 0. The van der Waals surface area contributed by atoms with Crippen LogP contribution in [0.15, 0.2) is 60.9 Å². The van der Waals surface area contributed by atoms with Crippen molar-refractivity contribution < 1.29 is 14.3 Å². The van der Waals surface area contributed by atoms with Crippen molar-refractivity contribution in [2.24, 2.45) is 5.73 Å². The lowest BCUT2D eigenvalue weighted by molar-refractivity contribution is -0.127. The molecular formula is C22H24N4O3. The molecule has 0 atom stereocenters. The summed E-state index contributed by atoms with van der Waals surface area (Å²) in [6, 6.07) is 11.3. The van der Waals surface area contributed by atoms with Gasteiger partial charge in [-0.15, -0.1) is 0 Å². The molecule has 29 heavy (non-hydrogen) atoms. The highest BCUT2D eigenvalue weighted by Crippen LogP contribution is 2.17. The molecule has 2 N–H and O–H groups in total. The SMILES string of the molecule is CC=C(N)c1cncc(OC(=O)N2CCN(C(=O)/C=C/c3ccccc3)CC2)c1. The zero-order valence-electron chi connectivity index (χ0n) is 16.3. The molecule has 0 radical (unpaired) electrons. The molecule has 3 rings (SSSR count). The molecule has 0 bridgehead atoms. The quantitative estimate of drug-likeness (QED) is 0.809. The van der Waals surface area contributed by atoms with Crippen LogP contribution in [0.1, 0.15) is 18.1 Å². The van der Waals surface area contributed by atoms with Crippen LogP contribution in [0.4, 0.5) is 4.79 Å². The predicted octanol–water partition coefficient (Wildman–Crippen LogP) is 2.76. The number of hydrogen-bond acceptors (Lipinski definition) is 5. The number of benzene rings is 1. The van der Waals surface area contributed by atoms with Crippen molar-refractivity contribution in [2.75, 3.05) is 26.2 Å². The first kappa shape index (κ1) is 20.1. The van der Waals surface area contributed by atoms with Gasteiger partial charge in [0.2, 0.25) is 5.91 Å². The van der Waals surface area contributed by atoms with E-state index in [-0.39, 0.29) is 5.91 Å². The van der Waals surface area contributed by atoms with Crippen LogP contribution in [0.3, 0.4) is 0 Å². The molecule has 1 aromatic carbocycles. The fraction of sp³-hybridized carbons (Fsp3) is 0.227. The second-order valence-electron chi connectivity index (χ2n) is 6.58. The molecule has 150 valence electrons. The smallest absolute Gasteiger partial charge is 0.409 e. The van der Waals surface area contributed by atoms with Crippen LogP contribution in [-0.4, -0.2) is 53.0 Å². The van der Waals surface area contributed by atoms with Gasteiger partial charge in [0.25, 0.3) is 0 Å². The van der Waals surface area contributed by atoms with Crippen LogP contribution in [0.25, 0.3) is 11.8 Å². The minimum atomic E-state index is -0.463. The average molecular weight is 392 g/mol. The largest absolute Gasteiger partial charge is 0.415 e. The first-order chi connectivity index (χ1) is 14.1. The summed E-state index contributed by atoms with van der Waals surface area (Å²) in [6.07, 6.45) is 7.73. The van der Waals surface area contributed by atoms with Gasteiger partial charge in [0.1, 0.15) is 0 Å². The first-order valence-corrected chi connectivity index (χ1v) is 9.43. The Morgan fingerprint density at radius 2 is 1.76 bits per heavy atom. The minimum absolute atomic E-state index is 0.0689. The fourth-order valence-corrected chi connectivity index (χ4v) is 2.91. The van der Waals surface area contributed by atoms with Crippen molar-refractivity contribution in [3.05, 3.63) is 72.1 Å². The number of carbonyl (C=O) groups excluding carboxylic acids is 2. The summed E-state index contributed by atoms with van der Waals surface area (Å²) in [5.74, 6) is 0.266. The normalized spacial score (nSPS) is 14.9. The highest BCUT2D eigenvalue weighted by Gasteiger charge is 2.24. The van der Waals surface area contributed by atoms with Crippen LogP contribution in [0.2, 0.25) is 0 Å². The average Bonchev–Trinajstić information content (AvgIpc) is 2.78. The molecule has 1 aromatic heterocycles. The van der Waals surface area contributed by atoms with Gasteiger partial charge in [0.05, 0.1) is 6.20 Å². The van der Waals surface area contributed by atoms with Crippen molar-refractivity contribution in [1.82, 2.24) is 14.8 Å². The number of ether oxygens (including phenoxy) is 1. The van der Waals surface area contributed by atoms with E-state index in [1.165, 1.54) is 6.20 Å². The second kappa shape index (κ2) is 9.54. The van der Waals surface area contributed by atoms with E-state index in [1.807, 2.05) is 37.3 Å². The standard InChI is InChI=1S/C22H24N4O3/c1-2-20(23)18-14-19(16-24-15-18)29-22(28)26-12-10-25(11-13-26)21(27)9-8-17-6-4-3-5-7-17/h2-9,14-16H,10-13,23H2,1H3/b9-8+,20-2?. The van der Waals surface area contributed by atoms with Gasteiger partial charge in [-0.25, -0.2) is 4.79 Å². The van der Waals surface area contributed by atoms with Crippen molar-refractivity contribution >= 4 is 23.8 Å². The summed E-state index contributed by atoms with van der Waals surface area (Å²) in [4.78, 5) is 32.1. The molecule has 0 unspecified atom stereocenters. The molecule has 7 heteroatoms. The Morgan fingerprint density at radius 3 is 2.45 bits per heavy atom. The van der Waals surface area contributed by atoms with Gasteiger partial charge in [-0.1, -0.05) is 36.4 Å². The van der Waals surface area contributed by atoms with Crippen LogP contribution in [0, 0.1) is 0 Å². The molecule has 2 amide bonds. The van der Waals surface area contributed by atoms with Crippen molar-refractivity contribution in [1.29, 1.82) is 0 Å². The molecule has 1 aliphatic rings. The maximum atomic E-state index is 12.4. The number of piperazine rings is 1. The molecule has 1 aliphatic heterocycles. The number of nitrogens with two attached hydrogens (primary N) is 1. The fourth-order valence-electron chi connectivity index (χ4n) is 2.91. The molecular weight excluding hydrogens is 368 g/mol. The van der Waals surface area contributed by atoms with Crippen LogP contribution < -0.4 is 10.5 Å². The topological polar surface area (TPSA) is 88.8 Å². The third-order valence-corrected chi connectivity index (χ3v) is 4.63. The monoisotopic (exact) mass is 392 g/mol. The van der Waals surface area contributed by atoms with E-state index in [0.29, 0.717) is 43.2 Å². The number of nitrogens with zero attached hydrogens (tertiary/aromatic N) is 3. The third kappa shape index (κ3) is 5.44. The number of aromatic nitrogens is 1. The number of hydrogen-bond donors (Lipinski definition) is 1. The van der Waals surface area contributed by atoms with Crippen molar-refractivity contribution in [3.63, 3.8) is 0 Å². The van der Waals surface area contributed by atoms with Crippen LogP contribution in [0.5, 0.6) is 5.75 Å². The molecule has 0 aliphatic carbocycles. The molecule has 1 saturated heterocycles. The molecule has 0 spiro atoms. The molecule has 0 saturated carbocycles. The van der Waals surface area contributed by atoms with E-state index in [4.69, 9.17) is 10.5 Å². The zero-order chi connectivity index (χ0) is 20.6. The van der Waals surface area contributed by atoms with Gasteiger partial charge < -0.3 is 20.3 Å². The van der Waals surface area contributed by atoms with Gasteiger partial charge >= 0.3 is 6.09 Å².